The van der Waals surface area contributed by atoms with Crippen molar-refractivity contribution >= 4 is 29.1 Å². The fraction of sp³-hybridized carbons (Fsp3) is 0.273. The highest BCUT2D eigenvalue weighted by Crippen LogP contribution is 2.24. The lowest BCUT2D eigenvalue weighted by atomic mass is 10.1. The second-order valence-corrected chi connectivity index (χ2v) is 7.95. The van der Waals surface area contributed by atoms with Gasteiger partial charge < -0.3 is 9.73 Å². The predicted molar refractivity (Wildman–Crippen MR) is 115 cm³/mol. The monoisotopic (exact) mass is 431 g/mol. The summed E-state index contributed by atoms with van der Waals surface area (Å²) in [5.74, 6) is 0.240. The summed E-state index contributed by atoms with van der Waals surface area (Å²) in [7, 11) is 0. The number of halogens is 2. The Balaban J connectivity index is 1.76. The summed E-state index contributed by atoms with van der Waals surface area (Å²) < 4.78 is 5.56. The van der Waals surface area contributed by atoms with Gasteiger partial charge in [0, 0.05) is 19.1 Å². The minimum atomic E-state index is -0.242. The average molecular weight is 432 g/mol. The van der Waals surface area contributed by atoms with Gasteiger partial charge in [-0.3, -0.25) is 9.69 Å². The number of benzene rings is 2. The fourth-order valence-electron chi connectivity index (χ4n) is 2.92. The smallest absolute Gasteiger partial charge is 0.273 e. The first kappa shape index (κ1) is 21.4. The molecule has 0 spiro atoms. The van der Waals surface area contributed by atoms with Gasteiger partial charge in [-0.15, -0.1) is 0 Å². The normalized spacial score (nSPS) is 11.2. The SMILES string of the molecule is CC(C)NC(=O)c1coc(CN(Cc2ccccc2)Cc2ccc(Cl)c(Cl)c2)n1. The maximum absolute atomic E-state index is 12.1. The zero-order valence-corrected chi connectivity index (χ0v) is 17.9. The number of oxazole rings is 1. The van der Waals surface area contributed by atoms with Crippen LogP contribution in [0.1, 0.15) is 41.4 Å². The van der Waals surface area contributed by atoms with E-state index in [9.17, 15) is 4.79 Å². The molecule has 7 heteroatoms. The highest BCUT2D eigenvalue weighted by molar-refractivity contribution is 6.42. The van der Waals surface area contributed by atoms with Crippen molar-refractivity contribution in [3.63, 3.8) is 0 Å². The third-order valence-corrected chi connectivity index (χ3v) is 4.94. The average Bonchev–Trinajstić information content (AvgIpc) is 3.14. The number of aromatic nitrogens is 1. The first-order valence-electron chi connectivity index (χ1n) is 9.36. The van der Waals surface area contributed by atoms with Crippen LogP contribution in [-0.2, 0) is 19.6 Å². The van der Waals surface area contributed by atoms with Gasteiger partial charge in [-0.05, 0) is 37.1 Å². The Hall–Kier alpha value is -2.34. The summed E-state index contributed by atoms with van der Waals surface area (Å²) in [6.45, 7) is 5.57. The highest BCUT2D eigenvalue weighted by atomic mass is 35.5. The topological polar surface area (TPSA) is 58.4 Å². The van der Waals surface area contributed by atoms with Gasteiger partial charge in [0.05, 0.1) is 16.6 Å². The van der Waals surface area contributed by atoms with Crippen molar-refractivity contribution in [1.29, 1.82) is 0 Å². The molecular formula is C22H23Cl2N3O2. The molecule has 29 heavy (non-hydrogen) atoms. The van der Waals surface area contributed by atoms with Crippen LogP contribution < -0.4 is 5.32 Å². The minimum absolute atomic E-state index is 0.0342. The van der Waals surface area contributed by atoms with Crippen LogP contribution in [-0.4, -0.2) is 21.8 Å². The van der Waals surface area contributed by atoms with Crippen molar-refractivity contribution < 1.29 is 9.21 Å². The van der Waals surface area contributed by atoms with Crippen LogP contribution in [0.2, 0.25) is 10.0 Å². The van der Waals surface area contributed by atoms with E-state index in [-0.39, 0.29) is 17.6 Å². The molecule has 0 saturated carbocycles. The Morgan fingerprint density at radius 3 is 2.45 bits per heavy atom. The van der Waals surface area contributed by atoms with Gasteiger partial charge in [0.2, 0.25) is 5.89 Å². The van der Waals surface area contributed by atoms with Gasteiger partial charge in [-0.2, -0.15) is 0 Å². The highest BCUT2D eigenvalue weighted by Gasteiger charge is 2.16. The van der Waals surface area contributed by atoms with E-state index in [1.54, 1.807) is 6.07 Å². The van der Waals surface area contributed by atoms with E-state index in [0.29, 0.717) is 35.6 Å². The van der Waals surface area contributed by atoms with E-state index in [4.69, 9.17) is 27.6 Å². The van der Waals surface area contributed by atoms with Crippen molar-refractivity contribution in [3.8, 4) is 0 Å². The van der Waals surface area contributed by atoms with Crippen molar-refractivity contribution in [2.24, 2.45) is 0 Å². The number of hydrogen-bond donors (Lipinski definition) is 1. The molecule has 2 aromatic carbocycles. The first-order valence-corrected chi connectivity index (χ1v) is 10.1. The van der Waals surface area contributed by atoms with Gasteiger partial charge in [0.25, 0.3) is 5.91 Å². The number of nitrogens with zero attached hydrogens (tertiary/aromatic N) is 2. The molecule has 0 aliphatic heterocycles. The Bertz CT molecular complexity index is 958. The van der Waals surface area contributed by atoms with Gasteiger partial charge >= 0.3 is 0 Å². The van der Waals surface area contributed by atoms with E-state index in [1.165, 1.54) is 6.26 Å². The van der Waals surface area contributed by atoms with Crippen LogP contribution in [0.4, 0.5) is 0 Å². The molecule has 0 saturated heterocycles. The van der Waals surface area contributed by atoms with E-state index in [2.05, 4.69) is 27.3 Å². The second-order valence-electron chi connectivity index (χ2n) is 7.13. The standard InChI is InChI=1S/C22H23Cl2N3O2/c1-15(2)25-22(28)20-14-29-21(26-20)13-27(11-16-6-4-3-5-7-16)12-17-8-9-18(23)19(24)10-17/h3-10,14-15H,11-13H2,1-2H3,(H,25,28). The molecule has 152 valence electrons. The van der Waals surface area contributed by atoms with Gasteiger partial charge in [-0.25, -0.2) is 4.98 Å². The van der Waals surface area contributed by atoms with E-state index >= 15 is 0 Å². The molecule has 1 aromatic heterocycles. The molecule has 1 amide bonds. The van der Waals surface area contributed by atoms with E-state index in [1.807, 2.05) is 44.2 Å². The Kier molecular flexibility index (Phi) is 7.31. The van der Waals surface area contributed by atoms with Crippen molar-refractivity contribution in [2.45, 2.75) is 39.5 Å². The number of carbonyl (C=O) groups excluding carboxylic acids is 1. The molecule has 0 radical (unpaired) electrons. The van der Waals surface area contributed by atoms with Crippen LogP contribution in [0, 0.1) is 0 Å². The fourth-order valence-corrected chi connectivity index (χ4v) is 3.24. The quantitative estimate of drug-likeness (QED) is 0.523. The molecule has 0 fully saturated rings. The van der Waals surface area contributed by atoms with E-state index < -0.39 is 0 Å². The molecular weight excluding hydrogens is 409 g/mol. The number of nitrogens with one attached hydrogen (secondary N) is 1. The minimum Gasteiger partial charge on any atom is -0.447 e. The van der Waals surface area contributed by atoms with Crippen molar-refractivity contribution in [2.75, 3.05) is 0 Å². The lowest BCUT2D eigenvalue weighted by Gasteiger charge is -2.21. The van der Waals surface area contributed by atoms with E-state index in [0.717, 1.165) is 11.1 Å². The molecule has 3 aromatic rings. The Morgan fingerprint density at radius 2 is 1.76 bits per heavy atom. The van der Waals surface area contributed by atoms with Gasteiger partial charge in [-0.1, -0.05) is 59.6 Å². The van der Waals surface area contributed by atoms with Gasteiger partial charge in [0.1, 0.15) is 6.26 Å². The molecule has 0 bridgehead atoms. The predicted octanol–water partition coefficient (Wildman–Crippen LogP) is 5.32. The third kappa shape index (κ3) is 6.32. The molecule has 5 nitrogen and oxygen atoms in total. The van der Waals surface area contributed by atoms with Crippen LogP contribution in [0.25, 0.3) is 0 Å². The summed E-state index contributed by atoms with van der Waals surface area (Å²) in [6.07, 6.45) is 1.40. The lowest BCUT2D eigenvalue weighted by Crippen LogP contribution is -2.30. The zero-order valence-electron chi connectivity index (χ0n) is 16.4. The molecule has 0 unspecified atom stereocenters. The number of carbonyl (C=O) groups is 1. The molecule has 3 rings (SSSR count). The number of rotatable bonds is 8. The lowest BCUT2D eigenvalue weighted by molar-refractivity contribution is 0.0938. The molecule has 0 aliphatic rings. The molecule has 0 atom stereocenters. The first-order chi connectivity index (χ1) is 13.9. The van der Waals surface area contributed by atoms with Crippen LogP contribution in [0.3, 0.4) is 0 Å². The largest absolute Gasteiger partial charge is 0.447 e. The molecule has 0 aliphatic carbocycles. The number of amides is 1. The number of hydrogen-bond acceptors (Lipinski definition) is 4. The van der Waals surface area contributed by atoms with Crippen molar-refractivity contribution in [1.82, 2.24) is 15.2 Å². The Labute approximate surface area is 180 Å². The second kappa shape index (κ2) is 9.92. The van der Waals surface area contributed by atoms with Crippen LogP contribution in [0.5, 0.6) is 0 Å². The molecule has 1 heterocycles. The van der Waals surface area contributed by atoms with Crippen LogP contribution in [0.15, 0.2) is 59.2 Å². The summed E-state index contributed by atoms with van der Waals surface area (Å²) in [5, 5.41) is 3.86. The van der Waals surface area contributed by atoms with Crippen LogP contribution >= 0.6 is 23.2 Å². The third-order valence-electron chi connectivity index (χ3n) is 4.20. The maximum atomic E-state index is 12.1. The summed E-state index contributed by atoms with van der Waals surface area (Å²) >= 11 is 12.2. The molecule has 1 N–H and O–H groups in total. The maximum Gasteiger partial charge on any atom is 0.273 e. The zero-order chi connectivity index (χ0) is 20.8. The summed E-state index contributed by atoms with van der Waals surface area (Å²) in [6, 6.07) is 15.8. The summed E-state index contributed by atoms with van der Waals surface area (Å²) in [4.78, 5) is 18.7. The Morgan fingerprint density at radius 1 is 1.03 bits per heavy atom. The summed E-state index contributed by atoms with van der Waals surface area (Å²) in [5.41, 5.74) is 2.47. The van der Waals surface area contributed by atoms with Gasteiger partial charge in [0.15, 0.2) is 5.69 Å². The van der Waals surface area contributed by atoms with Crippen molar-refractivity contribution in [3.05, 3.63) is 87.6 Å².